The van der Waals surface area contributed by atoms with E-state index in [0.29, 0.717) is 20.4 Å². The summed E-state index contributed by atoms with van der Waals surface area (Å²) >= 11 is 13.7. The summed E-state index contributed by atoms with van der Waals surface area (Å²) in [6, 6.07) is 7.55. The molecule has 0 aliphatic rings. The van der Waals surface area contributed by atoms with Gasteiger partial charge in [0.05, 0.1) is 21.3 Å². The molecule has 0 amide bonds. The molecule has 114 valence electrons. The Hall–Kier alpha value is -1.31. The van der Waals surface area contributed by atoms with Crippen LogP contribution in [0.5, 0.6) is 11.5 Å². The summed E-state index contributed by atoms with van der Waals surface area (Å²) in [5, 5.41) is 0.611. The molecular formula is C15H9Cl2IO4. The summed E-state index contributed by atoms with van der Waals surface area (Å²) < 4.78 is 11.1. The first kappa shape index (κ1) is 17.1. The summed E-state index contributed by atoms with van der Waals surface area (Å²) in [5.74, 6) is -0.131. The van der Waals surface area contributed by atoms with Crippen LogP contribution in [0.1, 0.15) is 20.7 Å². The third-order valence-electron chi connectivity index (χ3n) is 2.73. The van der Waals surface area contributed by atoms with Crippen LogP contribution >= 0.6 is 45.8 Å². The van der Waals surface area contributed by atoms with Crippen molar-refractivity contribution in [3.8, 4) is 11.5 Å². The van der Waals surface area contributed by atoms with E-state index in [4.69, 9.17) is 32.7 Å². The number of halogens is 3. The molecule has 0 fully saturated rings. The fraction of sp³-hybridized carbons (Fsp3) is 0.0667. The van der Waals surface area contributed by atoms with E-state index in [2.05, 4.69) is 0 Å². The van der Waals surface area contributed by atoms with E-state index in [1.54, 1.807) is 12.1 Å². The molecular weight excluding hydrogens is 442 g/mol. The van der Waals surface area contributed by atoms with Crippen molar-refractivity contribution in [1.82, 2.24) is 0 Å². The predicted molar refractivity (Wildman–Crippen MR) is 92.5 cm³/mol. The van der Waals surface area contributed by atoms with Crippen LogP contribution in [0.15, 0.2) is 30.3 Å². The number of hydrogen-bond acceptors (Lipinski definition) is 4. The van der Waals surface area contributed by atoms with Crippen LogP contribution in [-0.2, 0) is 0 Å². The zero-order valence-corrected chi connectivity index (χ0v) is 14.9. The van der Waals surface area contributed by atoms with Gasteiger partial charge in [-0.3, -0.25) is 4.79 Å². The maximum absolute atomic E-state index is 12.2. The predicted octanol–water partition coefficient (Wildman–Crippen LogP) is 4.64. The minimum Gasteiger partial charge on any atom is -0.493 e. The van der Waals surface area contributed by atoms with Gasteiger partial charge in [-0.05, 0) is 52.9 Å². The van der Waals surface area contributed by atoms with Gasteiger partial charge < -0.3 is 9.47 Å². The number of esters is 1. The second-order valence-electron chi connectivity index (χ2n) is 4.17. The largest absolute Gasteiger partial charge is 0.493 e. The van der Waals surface area contributed by atoms with Crippen LogP contribution in [0.3, 0.4) is 0 Å². The van der Waals surface area contributed by atoms with Gasteiger partial charge in [-0.2, -0.15) is 0 Å². The highest BCUT2D eigenvalue weighted by Crippen LogP contribution is 2.34. The highest BCUT2D eigenvalue weighted by atomic mass is 127. The lowest BCUT2D eigenvalue weighted by Crippen LogP contribution is -2.11. The highest BCUT2D eigenvalue weighted by molar-refractivity contribution is 14.1. The van der Waals surface area contributed by atoms with Crippen molar-refractivity contribution in [2.45, 2.75) is 0 Å². The van der Waals surface area contributed by atoms with Gasteiger partial charge in [-0.25, -0.2) is 4.79 Å². The molecule has 0 unspecified atom stereocenters. The normalized spacial score (nSPS) is 10.2. The van der Waals surface area contributed by atoms with E-state index in [1.165, 1.54) is 25.3 Å². The Balaban J connectivity index is 2.37. The minimum atomic E-state index is -0.642. The van der Waals surface area contributed by atoms with Crippen molar-refractivity contribution in [2.75, 3.05) is 7.11 Å². The number of rotatable bonds is 4. The van der Waals surface area contributed by atoms with Crippen molar-refractivity contribution in [3.05, 3.63) is 55.1 Å². The lowest BCUT2D eigenvalue weighted by molar-refractivity contribution is 0.0728. The van der Waals surface area contributed by atoms with Crippen molar-refractivity contribution >= 4 is 58.0 Å². The molecule has 0 saturated carbocycles. The number of carbonyl (C=O) groups is 2. The maximum atomic E-state index is 12.2. The van der Waals surface area contributed by atoms with Gasteiger partial charge in [0.15, 0.2) is 11.5 Å². The summed E-state index contributed by atoms with van der Waals surface area (Å²) in [6.45, 7) is 0. The number of carbonyl (C=O) groups excluding carboxylic acids is 2. The van der Waals surface area contributed by atoms with E-state index in [0.717, 1.165) is 0 Å². The van der Waals surface area contributed by atoms with Crippen molar-refractivity contribution in [1.29, 1.82) is 0 Å². The smallest absolute Gasteiger partial charge is 0.345 e. The Labute approximate surface area is 150 Å². The zero-order chi connectivity index (χ0) is 16.3. The van der Waals surface area contributed by atoms with Gasteiger partial charge in [0, 0.05) is 10.6 Å². The van der Waals surface area contributed by atoms with Crippen LogP contribution in [0.4, 0.5) is 0 Å². The molecule has 2 aromatic rings. The Kier molecular flexibility index (Phi) is 5.66. The highest BCUT2D eigenvalue weighted by Gasteiger charge is 2.18. The molecule has 0 N–H and O–H groups in total. The van der Waals surface area contributed by atoms with E-state index < -0.39 is 5.97 Å². The number of aldehydes is 1. The number of benzene rings is 2. The molecule has 0 spiro atoms. The van der Waals surface area contributed by atoms with Crippen LogP contribution in [0.2, 0.25) is 10.0 Å². The van der Waals surface area contributed by atoms with E-state index in [1.807, 2.05) is 22.6 Å². The maximum Gasteiger partial charge on any atom is 0.345 e. The summed E-state index contributed by atoms with van der Waals surface area (Å²) in [6.07, 6.45) is 0.687. The number of methoxy groups -OCH3 is 1. The Morgan fingerprint density at radius 1 is 1.23 bits per heavy atom. The summed E-state index contributed by atoms with van der Waals surface area (Å²) in [4.78, 5) is 23.1. The SMILES string of the molecule is COc1cc(C=O)cc(I)c1OC(=O)c1ccc(Cl)cc1Cl. The standard InChI is InChI=1S/C15H9Cl2IO4/c1-21-13-5-8(7-19)4-12(18)14(13)22-15(20)10-3-2-9(16)6-11(10)17/h2-7H,1H3. The molecule has 0 atom stereocenters. The Morgan fingerprint density at radius 2 is 1.95 bits per heavy atom. The third kappa shape index (κ3) is 3.71. The molecule has 7 heteroatoms. The first-order chi connectivity index (χ1) is 10.5. The van der Waals surface area contributed by atoms with Crippen LogP contribution < -0.4 is 9.47 Å². The lowest BCUT2D eigenvalue weighted by atomic mass is 10.2. The van der Waals surface area contributed by atoms with Crippen molar-refractivity contribution in [2.24, 2.45) is 0 Å². The molecule has 0 heterocycles. The van der Waals surface area contributed by atoms with E-state index in [-0.39, 0.29) is 22.1 Å². The number of ether oxygens (including phenoxy) is 2. The van der Waals surface area contributed by atoms with E-state index >= 15 is 0 Å². The average Bonchev–Trinajstić information content (AvgIpc) is 2.48. The molecule has 0 radical (unpaired) electrons. The Morgan fingerprint density at radius 3 is 2.55 bits per heavy atom. The van der Waals surface area contributed by atoms with Crippen molar-refractivity contribution < 1.29 is 19.1 Å². The first-order valence-electron chi connectivity index (χ1n) is 5.96. The van der Waals surface area contributed by atoms with Crippen LogP contribution in [0, 0.1) is 3.57 Å². The van der Waals surface area contributed by atoms with Gasteiger partial charge in [-0.1, -0.05) is 23.2 Å². The molecule has 2 aromatic carbocycles. The van der Waals surface area contributed by atoms with Crippen LogP contribution in [-0.4, -0.2) is 19.4 Å². The average molecular weight is 451 g/mol. The molecule has 0 aliphatic carbocycles. The molecule has 4 nitrogen and oxygen atoms in total. The number of hydrogen-bond donors (Lipinski definition) is 0. The summed E-state index contributed by atoms with van der Waals surface area (Å²) in [5.41, 5.74) is 0.606. The molecule has 2 rings (SSSR count). The van der Waals surface area contributed by atoms with Gasteiger partial charge in [0.1, 0.15) is 6.29 Å². The minimum absolute atomic E-state index is 0.184. The second kappa shape index (κ2) is 7.30. The van der Waals surface area contributed by atoms with E-state index in [9.17, 15) is 9.59 Å². The fourth-order valence-corrected chi connectivity index (χ4v) is 2.93. The molecule has 0 aromatic heterocycles. The molecule has 0 bridgehead atoms. The molecule has 0 aliphatic heterocycles. The van der Waals surface area contributed by atoms with Gasteiger partial charge in [0.25, 0.3) is 0 Å². The van der Waals surface area contributed by atoms with Crippen LogP contribution in [0.25, 0.3) is 0 Å². The topological polar surface area (TPSA) is 52.6 Å². The third-order valence-corrected chi connectivity index (χ3v) is 4.08. The summed E-state index contributed by atoms with van der Waals surface area (Å²) in [7, 11) is 1.42. The monoisotopic (exact) mass is 450 g/mol. The van der Waals surface area contributed by atoms with Gasteiger partial charge in [-0.15, -0.1) is 0 Å². The Bertz CT molecular complexity index is 747. The fourth-order valence-electron chi connectivity index (χ4n) is 1.71. The zero-order valence-electron chi connectivity index (χ0n) is 11.2. The molecule has 22 heavy (non-hydrogen) atoms. The second-order valence-corrected chi connectivity index (χ2v) is 6.17. The lowest BCUT2D eigenvalue weighted by Gasteiger charge is -2.12. The van der Waals surface area contributed by atoms with Gasteiger partial charge in [0.2, 0.25) is 0 Å². The quantitative estimate of drug-likeness (QED) is 0.295. The first-order valence-corrected chi connectivity index (χ1v) is 7.79. The molecule has 0 saturated heterocycles. The van der Waals surface area contributed by atoms with Gasteiger partial charge >= 0.3 is 5.97 Å². The van der Waals surface area contributed by atoms with Crippen molar-refractivity contribution in [3.63, 3.8) is 0 Å².